The molecule has 20 heavy (non-hydrogen) atoms. The van der Waals surface area contributed by atoms with E-state index in [1.807, 2.05) is 0 Å². The lowest BCUT2D eigenvalue weighted by Crippen LogP contribution is -2.53. The largest absolute Gasteiger partial charge is 0.480 e. The number of aliphatic carboxylic acids is 1. The Morgan fingerprint density at radius 1 is 1.15 bits per heavy atom. The summed E-state index contributed by atoms with van der Waals surface area (Å²) in [4.78, 5) is 37.8. The predicted molar refractivity (Wildman–Crippen MR) is 70.9 cm³/mol. The van der Waals surface area contributed by atoms with Crippen LogP contribution in [0.5, 0.6) is 0 Å². The highest BCUT2D eigenvalue weighted by Gasteiger charge is 2.38. The summed E-state index contributed by atoms with van der Waals surface area (Å²) < 4.78 is 0. The van der Waals surface area contributed by atoms with Crippen LogP contribution in [0.1, 0.15) is 38.5 Å². The van der Waals surface area contributed by atoms with E-state index in [1.165, 1.54) is 9.80 Å². The Balaban J connectivity index is 2.12. The van der Waals surface area contributed by atoms with Crippen LogP contribution in [-0.2, 0) is 9.59 Å². The van der Waals surface area contributed by atoms with E-state index in [0.29, 0.717) is 13.0 Å². The summed E-state index contributed by atoms with van der Waals surface area (Å²) in [6, 6.07) is -0.992. The van der Waals surface area contributed by atoms with Crippen molar-refractivity contribution in [3.05, 3.63) is 0 Å². The number of carboxylic acid groups (broad SMARTS) is 1. The van der Waals surface area contributed by atoms with Crippen molar-refractivity contribution in [3.8, 4) is 0 Å². The lowest BCUT2D eigenvalue weighted by atomic mass is 10.2. The Hall–Kier alpha value is -1.79. The second-order valence-electron chi connectivity index (χ2n) is 5.50. The van der Waals surface area contributed by atoms with E-state index in [9.17, 15) is 14.4 Å². The number of carbonyl (C=O) groups is 3. The predicted octanol–water partition coefficient (Wildman–Crippen LogP) is 0.385. The zero-order valence-corrected chi connectivity index (χ0v) is 11.5. The molecule has 7 nitrogen and oxygen atoms in total. The molecule has 0 aromatic heterocycles. The van der Waals surface area contributed by atoms with Gasteiger partial charge in [-0.2, -0.15) is 0 Å². The van der Waals surface area contributed by atoms with Gasteiger partial charge in [-0.1, -0.05) is 12.8 Å². The van der Waals surface area contributed by atoms with E-state index in [-0.39, 0.29) is 18.6 Å². The smallest absolute Gasteiger partial charge is 0.323 e. The molecule has 1 heterocycles. The topological polar surface area (TPSA) is 104 Å². The van der Waals surface area contributed by atoms with Gasteiger partial charge in [0.25, 0.3) is 0 Å². The van der Waals surface area contributed by atoms with Crippen LogP contribution in [0.2, 0.25) is 0 Å². The van der Waals surface area contributed by atoms with Gasteiger partial charge in [-0.3, -0.25) is 9.59 Å². The molecule has 7 heteroatoms. The van der Waals surface area contributed by atoms with E-state index in [1.54, 1.807) is 0 Å². The molecule has 112 valence electrons. The molecule has 0 bridgehead atoms. The average molecular weight is 283 g/mol. The van der Waals surface area contributed by atoms with E-state index in [2.05, 4.69) is 0 Å². The summed E-state index contributed by atoms with van der Waals surface area (Å²) in [5, 5.41) is 9.01. The van der Waals surface area contributed by atoms with Gasteiger partial charge >= 0.3 is 12.0 Å². The summed E-state index contributed by atoms with van der Waals surface area (Å²) in [6.07, 6.45) is 4.96. The molecule has 3 N–H and O–H groups in total. The molecule has 1 unspecified atom stereocenters. The molecule has 1 atom stereocenters. The number of urea groups is 1. The van der Waals surface area contributed by atoms with Crippen molar-refractivity contribution in [1.29, 1.82) is 0 Å². The molecule has 2 fully saturated rings. The van der Waals surface area contributed by atoms with Crippen LogP contribution in [0.25, 0.3) is 0 Å². The first kappa shape index (κ1) is 14.6. The summed E-state index contributed by atoms with van der Waals surface area (Å²) in [6.45, 7) is 0.154. The number of primary amides is 1. The third kappa shape index (κ3) is 3.02. The molecule has 1 aliphatic heterocycles. The normalized spacial score (nSPS) is 23.0. The van der Waals surface area contributed by atoms with Gasteiger partial charge in [0.2, 0.25) is 5.91 Å². The molecular weight excluding hydrogens is 262 g/mol. The van der Waals surface area contributed by atoms with Crippen molar-refractivity contribution in [2.24, 2.45) is 5.73 Å². The molecule has 0 spiro atoms. The minimum Gasteiger partial charge on any atom is -0.480 e. The molecule has 0 aromatic carbocycles. The Kier molecular flexibility index (Phi) is 4.46. The van der Waals surface area contributed by atoms with E-state index >= 15 is 0 Å². The Labute approximate surface area is 117 Å². The Morgan fingerprint density at radius 2 is 1.80 bits per heavy atom. The van der Waals surface area contributed by atoms with E-state index in [4.69, 9.17) is 10.8 Å². The van der Waals surface area contributed by atoms with Crippen molar-refractivity contribution < 1.29 is 19.5 Å². The number of likely N-dealkylation sites (tertiary alicyclic amines) is 1. The molecule has 2 aliphatic rings. The number of carbonyl (C=O) groups excluding carboxylic acids is 2. The number of hydrogen-bond acceptors (Lipinski definition) is 3. The standard InChI is InChI=1S/C13H21N3O4/c14-12(19)10-6-3-7-15(10)13(20)16(8-11(17)18)9-4-1-2-5-9/h9-10H,1-8H2,(H2,14,19)(H,17,18). The van der Waals surface area contributed by atoms with Gasteiger partial charge < -0.3 is 20.6 Å². The van der Waals surface area contributed by atoms with Crippen molar-refractivity contribution in [2.45, 2.75) is 50.6 Å². The fraction of sp³-hybridized carbons (Fsp3) is 0.769. The maximum absolute atomic E-state index is 12.6. The second kappa shape index (κ2) is 6.11. The molecule has 3 amide bonds. The summed E-state index contributed by atoms with van der Waals surface area (Å²) in [7, 11) is 0. The third-order valence-electron chi connectivity index (χ3n) is 4.14. The van der Waals surface area contributed by atoms with Crippen LogP contribution >= 0.6 is 0 Å². The maximum atomic E-state index is 12.6. The first-order chi connectivity index (χ1) is 9.50. The Bertz CT molecular complexity index is 406. The highest BCUT2D eigenvalue weighted by molar-refractivity contribution is 5.88. The van der Waals surface area contributed by atoms with Crippen molar-refractivity contribution in [1.82, 2.24) is 9.80 Å². The zero-order valence-electron chi connectivity index (χ0n) is 11.5. The number of carboxylic acids is 1. The van der Waals surface area contributed by atoms with Gasteiger partial charge in [0.05, 0.1) is 0 Å². The lowest BCUT2D eigenvalue weighted by molar-refractivity contribution is -0.138. The molecular formula is C13H21N3O4. The van der Waals surface area contributed by atoms with Crippen LogP contribution in [0.3, 0.4) is 0 Å². The average Bonchev–Trinajstić information content (AvgIpc) is 3.05. The lowest BCUT2D eigenvalue weighted by Gasteiger charge is -2.33. The number of nitrogens with two attached hydrogens (primary N) is 1. The van der Waals surface area contributed by atoms with Crippen molar-refractivity contribution in [3.63, 3.8) is 0 Å². The highest BCUT2D eigenvalue weighted by atomic mass is 16.4. The highest BCUT2D eigenvalue weighted by Crippen LogP contribution is 2.26. The minimum absolute atomic E-state index is 0.0345. The van der Waals surface area contributed by atoms with Crippen molar-refractivity contribution >= 4 is 17.9 Å². The number of rotatable bonds is 4. The van der Waals surface area contributed by atoms with E-state index in [0.717, 1.165) is 32.1 Å². The van der Waals surface area contributed by atoms with Crippen LogP contribution in [-0.4, -0.2) is 58.0 Å². The maximum Gasteiger partial charge on any atom is 0.323 e. The molecule has 1 saturated carbocycles. The third-order valence-corrected chi connectivity index (χ3v) is 4.14. The number of hydrogen-bond donors (Lipinski definition) is 2. The van der Waals surface area contributed by atoms with Crippen molar-refractivity contribution in [2.75, 3.05) is 13.1 Å². The van der Waals surface area contributed by atoms with E-state index < -0.39 is 17.9 Å². The molecule has 0 aromatic rings. The zero-order chi connectivity index (χ0) is 14.7. The molecule has 1 aliphatic carbocycles. The first-order valence-corrected chi connectivity index (χ1v) is 7.09. The number of amides is 3. The summed E-state index contributed by atoms with van der Waals surface area (Å²) in [5.74, 6) is -1.54. The molecule has 2 rings (SSSR count). The van der Waals surface area contributed by atoms with Gasteiger partial charge in [-0.05, 0) is 25.7 Å². The van der Waals surface area contributed by atoms with Gasteiger partial charge in [0.15, 0.2) is 0 Å². The monoisotopic (exact) mass is 283 g/mol. The van der Waals surface area contributed by atoms with Crippen LogP contribution in [0.15, 0.2) is 0 Å². The van der Waals surface area contributed by atoms with Gasteiger partial charge in [0, 0.05) is 12.6 Å². The fourth-order valence-electron chi connectivity index (χ4n) is 3.17. The van der Waals surface area contributed by atoms with Crippen LogP contribution in [0.4, 0.5) is 4.79 Å². The van der Waals surface area contributed by atoms with Crippen LogP contribution in [0, 0.1) is 0 Å². The SMILES string of the molecule is NC(=O)C1CCCN1C(=O)N(CC(=O)O)C1CCCC1. The molecule has 0 radical (unpaired) electrons. The number of nitrogens with zero attached hydrogens (tertiary/aromatic N) is 2. The second-order valence-corrected chi connectivity index (χ2v) is 5.50. The van der Waals surface area contributed by atoms with Gasteiger partial charge in [-0.15, -0.1) is 0 Å². The van der Waals surface area contributed by atoms with Crippen LogP contribution < -0.4 is 5.73 Å². The molecule has 1 saturated heterocycles. The minimum atomic E-state index is -1.03. The summed E-state index contributed by atoms with van der Waals surface area (Å²) >= 11 is 0. The Morgan fingerprint density at radius 3 is 2.35 bits per heavy atom. The van der Waals surface area contributed by atoms with Gasteiger partial charge in [-0.25, -0.2) is 4.79 Å². The summed E-state index contributed by atoms with van der Waals surface area (Å²) in [5.41, 5.74) is 5.31. The fourth-order valence-corrected chi connectivity index (χ4v) is 3.17. The quantitative estimate of drug-likeness (QED) is 0.778. The van der Waals surface area contributed by atoms with Gasteiger partial charge in [0.1, 0.15) is 12.6 Å². The first-order valence-electron chi connectivity index (χ1n) is 7.09.